The van der Waals surface area contributed by atoms with Gasteiger partial charge in [-0.2, -0.15) is 4.98 Å². The van der Waals surface area contributed by atoms with Crippen LogP contribution in [-0.2, 0) is 0 Å². The molecule has 208 valence electrons. The fourth-order valence-electron chi connectivity index (χ4n) is 5.94. The van der Waals surface area contributed by atoms with Crippen LogP contribution in [0.1, 0.15) is 18.4 Å². The minimum Gasteiger partial charge on any atom is -0.494 e. The molecule has 0 bridgehead atoms. The zero-order chi connectivity index (χ0) is 27.9. The first-order valence-electron chi connectivity index (χ1n) is 13.8. The second-order valence-electron chi connectivity index (χ2n) is 11.1. The number of ether oxygens (including phenoxy) is 1. The van der Waals surface area contributed by atoms with Crippen LogP contribution in [0.4, 0.5) is 28.8 Å². The van der Waals surface area contributed by atoms with Gasteiger partial charge < -0.3 is 25.6 Å². The molecule has 0 radical (unpaired) electrons. The molecular formula is C31H36ClN6OP. The number of aromatic nitrogens is 2. The van der Waals surface area contributed by atoms with Gasteiger partial charge in [0.1, 0.15) is 10.8 Å². The maximum Gasteiger partial charge on any atom is 0.229 e. The molecule has 0 amide bonds. The largest absolute Gasteiger partial charge is 0.494 e. The van der Waals surface area contributed by atoms with E-state index in [-0.39, 0.29) is 7.92 Å². The number of benzene rings is 3. The Labute approximate surface area is 242 Å². The first-order valence-corrected chi connectivity index (χ1v) is 16.4. The molecule has 4 aromatic rings. The number of halogens is 1. The van der Waals surface area contributed by atoms with Gasteiger partial charge in [-0.1, -0.05) is 49.9 Å². The lowest BCUT2D eigenvalue weighted by Gasteiger charge is -2.49. The SMILES string of the molecule is COc1cc(N2CCC3(CC2)CNC3)c(C)cc1Nc1ncc(Cl)c(Nc2ccc3ccccc3c2P(C)C)n1. The Bertz CT molecular complexity index is 1550. The van der Waals surface area contributed by atoms with Crippen molar-refractivity contribution in [2.24, 2.45) is 5.41 Å². The van der Waals surface area contributed by atoms with Gasteiger partial charge >= 0.3 is 0 Å². The van der Waals surface area contributed by atoms with Crippen molar-refractivity contribution < 1.29 is 4.74 Å². The van der Waals surface area contributed by atoms with Crippen LogP contribution in [0.25, 0.3) is 10.8 Å². The standard InChI is InChI=1S/C31H36ClN6OP/c1-20-15-25(27(39-2)16-26(20)38-13-11-31(12-14-38)18-33-19-31)36-30-34-17-23(32)29(37-30)35-24-10-9-21-7-5-6-8-22(21)28(24)40(3)4/h5-10,15-17,33H,11-14,18-19H2,1-4H3,(H2,34,35,36,37). The van der Waals surface area contributed by atoms with E-state index < -0.39 is 0 Å². The number of rotatable bonds is 7. The van der Waals surface area contributed by atoms with Gasteiger partial charge in [-0.15, -0.1) is 0 Å². The summed E-state index contributed by atoms with van der Waals surface area (Å²) < 4.78 is 5.82. The first-order chi connectivity index (χ1) is 19.4. The normalized spacial score (nSPS) is 16.3. The summed E-state index contributed by atoms with van der Waals surface area (Å²) in [6, 6.07) is 17.0. The molecule has 3 N–H and O–H groups in total. The Morgan fingerprint density at radius 3 is 2.50 bits per heavy atom. The van der Waals surface area contributed by atoms with Crippen LogP contribution < -0.4 is 30.9 Å². The average molecular weight is 575 g/mol. The molecule has 0 unspecified atom stereocenters. The van der Waals surface area contributed by atoms with Gasteiger partial charge in [-0.3, -0.25) is 0 Å². The van der Waals surface area contributed by atoms with E-state index >= 15 is 0 Å². The van der Waals surface area contributed by atoms with Crippen molar-refractivity contribution in [3.8, 4) is 5.75 Å². The summed E-state index contributed by atoms with van der Waals surface area (Å²) in [6.07, 6.45) is 4.09. The Hall–Kier alpha value is -3.12. The molecule has 3 aromatic carbocycles. The summed E-state index contributed by atoms with van der Waals surface area (Å²) in [7, 11) is 1.32. The Morgan fingerprint density at radius 1 is 1.02 bits per heavy atom. The van der Waals surface area contributed by atoms with Crippen molar-refractivity contribution in [1.82, 2.24) is 15.3 Å². The van der Waals surface area contributed by atoms with Crippen molar-refractivity contribution in [3.63, 3.8) is 0 Å². The van der Waals surface area contributed by atoms with Gasteiger partial charge in [0.15, 0.2) is 5.82 Å². The van der Waals surface area contributed by atoms with E-state index in [0.29, 0.717) is 22.2 Å². The fourth-order valence-corrected chi connectivity index (χ4v) is 7.38. The van der Waals surface area contributed by atoms with E-state index in [1.165, 1.54) is 40.2 Å². The summed E-state index contributed by atoms with van der Waals surface area (Å²) in [5.41, 5.74) is 4.77. The van der Waals surface area contributed by atoms with Crippen LogP contribution in [-0.4, -0.2) is 56.6 Å². The van der Waals surface area contributed by atoms with Crippen LogP contribution in [0.15, 0.2) is 54.7 Å². The van der Waals surface area contributed by atoms with E-state index in [4.69, 9.17) is 21.3 Å². The lowest BCUT2D eigenvalue weighted by molar-refractivity contribution is 0.126. The molecule has 7 nitrogen and oxygen atoms in total. The summed E-state index contributed by atoms with van der Waals surface area (Å²) in [5.74, 6) is 1.78. The molecule has 6 rings (SSSR count). The molecule has 1 spiro atoms. The molecule has 2 aliphatic heterocycles. The van der Waals surface area contributed by atoms with E-state index in [1.807, 2.05) is 0 Å². The van der Waals surface area contributed by atoms with Crippen LogP contribution in [0.3, 0.4) is 0 Å². The van der Waals surface area contributed by atoms with Gasteiger partial charge in [0, 0.05) is 48.9 Å². The summed E-state index contributed by atoms with van der Waals surface area (Å²) in [5, 5.41) is 14.6. The Morgan fingerprint density at radius 2 is 1.80 bits per heavy atom. The average Bonchev–Trinajstić information content (AvgIpc) is 2.94. The smallest absolute Gasteiger partial charge is 0.229 e. The van der Waals surface area contributed by atoms with E-state index in [9.17, 15) is 0 Å². The quantitative estimate of drug-likeness (QED) is 0.214. The highest BCUT2D eigenvalue weighted by Gasteiger charge is 2.39. The Kier molecular flexibility index (Phi) is 7.47. The number of nitrogens with one attached hydrogen (secondary N) is 3. The third-order valence-corrected chi connectivity index (χ3v) is 9.93. The number of hydrogen-bond acceptors (Lipinski definition) is 7. The summed E-state index contributed by atoms with van der Waals surface area (Å²) in [4.78, 5) is 11.7. The van der Waals surface area contributed by atoms with Crippen LogP contribution in [0, 0.1) is 12.3 Å². The zero-order valence-corrected chi connectivity index (χ0v) is 25.2. The molecule has 9 heteroatoms. The molecule has 2 fully saturated rings. The van der Waals surface area contributed by atoms with Gasteiger partial charge in [-0.05, 0) is 67.0 Å². The van der Waals surface area contributed by atoms with Crippen molar-refractivity contribution in [2.45, 2.75) is 19.8 Å². The molecule has 3 heterocycles. The number of hydrogen-bond donors (Lipinski definition) is 3. The van der Waals surface area contributed by atoms with E-state index in [2.05, 4.69) is 94.6 Å². The zero-order valence-electron chi connectivity index (χ0n) is 23.5. The first kappa shape index (κ1) is 27.1. The number of aryl methyl sites for hydroxylation is 1. The van der Waals surface area contributed by atoms with Gasteiger partial charge in [0.2, 0.25) is 5.95 Å². The van der Waals surface area contributed by atoms with Gasteiger partial charge in [0.05, 0.1) is 19.0 Å². The second kappa shape index (κ2) is 11.0. The lowest BCUT2D eigenvalue weighted by atomic mass is 9.73. The molecule has 1 aromatic heterocycles. The van der Waals surface area contributed by atoms with Crippen molar-refractivity contribution >= 4 is 64.4 Å². The topological polar surface area (TPSA) is 74.3 Å². The van der Waals surface area contributed by atoms with Crippen LogP contribution in [0.2, 0.25) is 5.02 Å². The molecule has 0 saturated carbocycles. The highest BCUT2D eigenvalue weighted by Crippen LogP contribution is 2.40. The van der Waals surface area contributed by atoms with E-state index in [1.54, 1.807) is 13.3 Å². The van der Waals surface area contributed by atoms with Crippen molar-refractivity contribution in [3.05, 3.63) is 65.3 Å². The van der Waals surface area contributed by atoms with Crippen molar-refractivity contribution in [2.75, 3.05) is 62.2 Å². The minimum atomic E-state index is -0.380. The molecule has 0 aliphatic carbocycles. The number of fused-ring (bicyclic) bond motifs is 1. The number of piperidine rings is 1. The summed E-state index contributed by atoms with van der Waals surface area (Å²) in [6.45, 7) is 11.1. The van der Waals surface area contributed by atoms with Crippen LogP contribution in [0.5, 0.6) is 5.75 Å². The summed E-state index contributed by atoms with van der Waals surface area (Å²) >= 11 is 6.58. The highest BCUT2D eigenvalue weighted by molar-refractivity contribution is 7.65. The van der Waals surface area contributed by atoms with Gasteiger partial charge in [0.25, 0.3) is 0 Å². The second-order valence-corrected chi connectivity index (χ2v) is 13.8. The Balaban J connectivity index is 1.25. The van der Waals surface area contributed by atoms with Crippen LogP contribution >= 0.6 is 19.5 Å². The maximum atomic E-state index is 6.58. The molecule has 2 aliphatic rings. The molecular weight excluding hydrogens is 539 g/mol. The van der Waals surface area contributed by atoms with Crippen molar-refractivity contribution in [1.29, 1.82) is 0 Å². The highest BCUT2D eigenvalue weighted by atomic mass is 35.5. The number of nitrogens with zero attached hydrogens (tertiary/aromatic N) is 3. The fraction of sp³-hybridized carbons (Fsp3) is 0.355. The van der Waals surface area contributed by atoms with Gasteiger partial charge in [-0.25, -0.2) is 4.98 Å². The maximum absolute atomic E-state index is 6.58. The molecule has 0 atom stereocenters. The predicted octanol–water partition coefficient (Wildman–Crippen LogP) is 6.64. The third-order valence-electron chi connectivity index (χ3n) is 8.27. The number of anilines is 5. The minimum absolute atomic E-state index is 0.380. The monoisotopic (exact) mass is 574 g/mol. The van der Waals surface area contributed by atoms with E-state index in [0.717, 1.165) is 43.3 Å². The molecule has 2 saturated heterocycles. The lowest BCUT2D eigenvalue weighted by Crippen LogP contribution is -2.58. The number of methoxy groups -OCH3 is 1. The molecule has 40 heavy (non-hydrogen) atoms. The third kappa shape index (κ3) is 5.18. The predicted molar refractivity (Wildman–Crippen MR) is 170 cm³/mol.